The molecule has 3 aromatic heterocycles. The Labute approximate surface area is 180 Å². The first kappa shape index (κ1) is 19.1. The first-order chi connectivity index (χ1) is 15.1. The number of aryl methyl sites for hydroxylation is 1. The lowest BCUT2D eigenvalue weighted by atomic mass is 10.1. The van der Waals surface area contributed by atoms with Crippen molar-refractivity contribution in [1.29, 1.82) is 0 Å². The van der Waals surface area contributed by atoms with Gasteiger partial charge in [0.15, 0.2) is 11.2 Å². The van der Waals surface area contributed by atoms with Crippen molar-refractivity contribution in [3.63, 3.8) is 0 Å². The van der Waals surface area contributed by atoms with E-state index in [0.29, 0.717) is 28.9 Å². The van der Waals surface area contributed by atoms with Crippen molar-refractivity contribution in [3.05, 3.63) is 87.3 Å². The van der Waals surface area contributed by atoms with E-state index in [0.717, 1.165) is 16.7 Å². The number of hydrogen-bond donors (Lipinski definition) is 0. The van der Waals surface area contributed by atoms with Crippen molar-refractivity contribution < 1.29 is 4.52 Å². The first-order valence-corrected chi connectivity index (χ1v) is 9.88. The lowest BCUT2D eigenvalue weighted by Crippen LogP contribution is -2.21. The second-order valence-electron chi connectivity index (χ2n) is 7.05. The molecule has 9 nitrogen and oxygen atoms in total. The Kier molecular flexibility index (Phi) is 4.79. The van der Waals surface area contributed by atoms with E-state index in [1.807, 2.05) is 49.4 Å². The lowest BCUT2D eigenvalue weighted by Gasteiger charge is -2.04. The fourth-order valence-corrected chi connectivity index (χ4v) is 3.53. The van der Waals surface area contributed by atoms with Crippen LogP contribution in [0.4, 0.5) is 0 Å². The van der Waals surface area contributed by atoms with E-state index in [1.54, 1.807) is 10.7 Å². The van der Waals surface area contributed by atoms with Crippen LogP contribution in [-0.2, 0) is 13.1 Å². The minimum absolute atomic E-state index is 0.0851. The molecule has 0 N–H and O–H groups in total. The van der Waals surface area contributed by atoms with E-state index in [9.17, 15) is 4.79 Å². The third-order valence-electron chi connectivity index (χ3n) is 4.87. The monoisotopic (exact) mass is 433 g/mol. The Morgan fingerprint density at radius 2 is 1.97 bits per heavy atom. The highest BCUT2D eigenvalue weighted by atomic mass is 35.5. The van der Waals surface area contributed by atoms with Crippen LogP contribution in [0.3, 0.4) is 0 Å². The quantitative estimate of drug-likeness (QED) is 0.419. The van der Waals surface area contributed by atoms with Crippen LogP contribution in [0.2, 0.25) is 5.02 Å². The van der Waals surface area contributed by atoms with Gasteiger partial charge in [0.05, 0.1) is 6.54 Å². The molecule has 0 fully saturated rings. The molecule has 31 heavy (non-hydrogen) atoms. The van der Waals surface area contributed by atoms with Gasteiger partial charge in [-0.3, -0.25) is 9.36 Å². The minimum Gasteiger partial charge on any atom is -0.337 e. The highest BCUT2D eigenvalue weighted by Crippen LogP contribution is 2.20. The summed E-state index contributed by atoms with van der Waals surface area (Å²) in [5.74, 6) is 0.774. The summed E-state index contributed by atoms with van der Waals surface area (Å²) >= 11 is 6.04. The predicted molar refractivity (Wildman–Crippen MR) is 114 cm³/mol. The molecule has 0 spiro atoms. The van der Waals surface area contributed by atoms with Crippen LogP contribution >= 0.6 is 11.6 Å². The fourth-order valence-electron chi connectivity index (χ4n) is 3.31. The van der Waals surface area contributed by atoms with Crippen molar-refractivity contribution in [2.75, 3.05) is 0 Å². The van der Waals surface area contributed by atoms with Crippen LogP contribution < -0.4 is 5.56 Å². The second-order valence-corrected chi connectivity index (χ2v) is 7.49. The van der Waals surface area contributed by atoms with E-state index >= 15 is 0 Å². The van der Waals surface area contributed by atoms with Crippen LogP contribution in [0.1, 0.15) is 17.0 Å². The van der Waals surface area contributed by atoms with Crippen molar-refractivity contribution >= 4 is 22.8 Å². The normalized spacial score (nSPS) is 11.3. The highest BCUT2D eigenvalue weighted by Gasteiger charge is 2.15. The molecule has 0 aliphatic carbocycles. The summed E-state index contributed by atoms with van der Waals surface area (Å²) in [6.07, 6.45) is 1.43. The van der Waals surface area contributed by atoms with E-state index in [1.165, 1.54) is 10.9 Å². The molecule has 5 rings (SSSR count). The molecule has 0 saturated carbocycles. The number of hydrogen-bond acceptors (Lipinski definition) is 7. The molecule has 0 unspecified atom stereocenters. The molecular weight excluding hydrogens is 418 g/mol. The maximum absolute atomic E-state index is 12.9. The standard InChI is InChI=1S/C21H16ClN7O2/c1-13-5-2-3-8-16(13)19-24-17(31-26-19)11-28-12-23-20-18(21(28)30)25-27-29(20)10-14-6-4-7-15(22)9-14/h2-9,12H,10-11H2,1H3. The molecular formula is C21H16ClN7O2. The van der Waals surface area contributed by atoms with Crippen LogP contribution in [0.25, 0.3) is 22.6 Å². The van der Waals surface area contributed by atoms with Gasteiger partial charge in [0.1, 0.15) is 12.9 Å². The van der Waals surface area contributed by atoms with E-state index < -0.39 is 0 Å². The smallest absolute Gasteiger partial charge is 0.283 e. The molecule has 0 aliphatic heterocycles. The summed E-state index contributed by atoms with van der Waals surface area (Å²) in [4.78, 5) is 21.7. The molecule has 0 saturated heterocycles. The van der Waals surface area contributed by atoms with Gasteiger partial charge in [-0.1, -0.05) is 58.4 Å². The van der Waals surface area contributed by atoms with E-state index in [-0.39, 0.29) is 17.6 Å². The number of rotatable bonds is 5. The zero-order chi connectivity index (χ0) is 21.4. The molecule has 3 heterocycles. The number of nitrogens with zero attached hydrogens (tertiary/aromatic N) is 7. The number of fused-ring (bicyclic) bond motifs is 1. The Bertz CT molecular complexity index is 1450. The van der Waals surface area contributed by atoms with Gasteiger partial charge in [-0.05, 0) is 30.2 Å². The summed E-state index contributed by atoms with van der Waals surface area (Å²) in [5.41, 5.74) is 3.07. The minimum atomic E-state index is -0.335. The molecule has 0 aliphatic rings. The molecule has 0 atom stereocenters. The van der Waals surface area contributed by atoms with Crippen molar-refractivity contribution in [2.45, 2.75) is 20.0 Å². The molecule has 0 bridgehead atoms. The van der Waals surface area contributed by atoms with E-state index in [4.69, 9.17) is 16.1 Å². The number of benzene rings is 2. The van der Waals surface area contributed by atoms with Gasteiger partial charge in [-0.2, -0.15) is 4.98 Å². The summed E-state index contributed by atoms with van der Waals surface area (Å²) in [5, 5.41) is 12.8. The molecule has 154 valence electrons. The Morgan fingerprint density at radius 1 is 1.10 bits per heavy atom. The predicted octanol–water partition coefficient (Wildman–Crippen LogP) is 3.10. The average Bonchev–Trinajstić information content (AvgIpc) is 3.38. The zero-order valence-electron chi connectivity index (χ0n) is 16.4. The van der Waals surface area contributed by atoms with Gasteiger partial charge in [-0.25, -0.2) is 9.67 Å². The van der Waals surface area contributed by atoms with Gasteiger partial charge in [0.25, 0.3) is 5.56 Å². The fraction of sp³-hybridized carbons (Fsp3) is 0.143. The van der Waals surface area contributed by atoms with Crippen LogP contribution in [0, 0.1) is 6.92 Å². The zero-order valence-corrected chi connectivity index (χ0v) is 17.2. The lowest BCUT2D eigenvalue weighted by molar-refractivity contribution is 0.369. The Balaban J connectivity index is 1.42. The molecule has 10 heteroatoms. The molecule has 0 amide bonds. The van der Waals surface area contributed by atoms with Crippen LogP contribution in [-0.4, -0.2) is 34.7 Å². The van der Waals surface area contributed by atoms with Crippen molar-refractivity contribution in [1.82, 2.24) is 34.7 Å². The van der Waals surface area contributed by atoms with Gasteiger partial charge >= 0.3 is 0 Å². The van der Waals surface area contributed by atoms with Gasteiger partial charge in [-0.15, -0.1) is 5.10 Å². The van der Waals surface area contributed by atoms with E-state index in [2.05, 4.69) is 25.4 Å². The van der Waals surface area contributed by atoms with Crippen molar-refractivity contribution in [2.24, 2.45) is 0 Å². The topological polar surface area (TPSA) is 105 Å². The maximum atomic E-state index is 12.9. The maximum Gasteiger partial charge on any atom is 0.283 e. The van der Waals surface area contributed by atoms with Gasteiger partial charge < -0.3 is 4.52 Å². The number of halogens is 1. The SMILES string of the molecule is Cc1ccccc1-c1noc(Cn2cnc3c(nnn3Cc3cccc(Cl)c3)c2=O)n1. The largest absolute Gasteiger partial charge is 0.337 e. The summed E-state index contributed by atoms with van der Waals surface area (Å²) < 4.78 is 8.27. The summed E-state index contributed by atoms with van der Waals surface area (Å²) in [7, 11) is 0. The number of aromatic nitrogens is 7. The third-order valence-corrected chi connectivity index (χ3v) is 5.11. The second kappa shape index (κ2) is 7.77. The molecule has 0 radical (unpaired) electrons. The Hall–Kier alpha value is -3.85. The van der Waals surface area contributed by atoms with Gasteiger partial charge in [0.2, 0.25) is 11.7 Å². The van der Waals surface area contributed by atoms with Crippen LogP contribution in [0.15, 0.2) is 64.2 Å². The highest BCUT2D eigenvalue weighted by molar-refractivity contribution is 6.30. The van der Waals surface area contributed by atoms with Crippen LogP contribution in [0.5, 0.6) is 0 Å². The Morgan fingerprint density at radius 3 is 2.81 bits per heavy atom. The summed E-state index contributed by atoms with van der Waals surface area (Å²) in [6, 6.07) is 15.1. The summed E-state index contributed by atoms with van der Waals surface area (Å²) in [6.45, 7) is 2.46. The first-order valence-electron chi connectivity index (χ1n) is 9.50. The third kappa shape index (κ3) is 3.71. The average molecular weight is 434 g/mol. The molecule has 5 aromatic rings. The van der Waals surface area contributed by atoms with Crippen molar-refractivity contribution in [3.8, 4) is 11.4 Å². The van der Waals surface area contributed by atoms with Gasteiger partial charge in [0, 0.05) is 10.6 Å². The molecule has 2 aromatic carbocycles.